The van der Waals surface area contributed by atoms with Crippen LogP contribution in [0.15, 0.2) is 72.4 Å². The van der Waals surface area contributed by atoms with Gasteiger partial charge in [-0.25, -0.2) is 4.79 Å². The van der Waals surface area contributed by atoms with E-state index >= 15 is 0 Å². The number of H-pyrrole nitrogens is 1. The number of fused-ring (bicyclic) bond motifs is 1. The van der Waals surface area contributed by atoms with E-state index in [1.54, 1.807) is 6.08 Å². The Hall–Kier alpha value is -3.09. The van der Waals surface area contributed by atoms with E-state index in [9.17, 15) is 14.7 Å². The van der Waals surface area contributed by atoms with Gasteiger partial charge in [0.05, 0.1) is 0 Å². The number of nitrogens with zero attached hydrogens (tertiary/aromatic N) is 1. The summed E-state index contributed by atoms with van der Waals surface area (Å²) in [7, 11) is 4.22. The van der Waals surface area contributed by atoms with Crippen LogP contribution in [0.25, 0.3) is 10.9 Å². The van der Waals surface area contributed by atoms with Crippen LogP contribution in [0.4, 0.5) is 0 Å². The minimum absolute atomic E-state index is 0. The van der Waals surface area contributed by atoms with Crippen molar-refractivity contribution < 1.29 is 14.7 Å². The molecule has 3 N–H and O–H groups in total. The summed E-state index contributed by atoms with van der Waals surface area (Å²) in [5, 5.41) is 13.4. The molecule has 1 aromatic heterocycles. The number of allylic oxidation sites excluding steroid dienone is 1. The first-order chi connectivity index (χ1) is 15.9. The Morgan fingerprint density at radius 1 is 1.09 bits per heavy atom. The number of carboxylic acid groups (broad SMARTS) is 1. The first-order valence-electron chi connectivity index (χ1n) is 11.4. The van der Waals surface area contributed by atoms with Crippen LogP contribution in [0.1, 0.15) is 36.8 Å². The maximum absolute atomic E-state index is 12.7. The Balaban J connectivity index is 0.00000324. The molecule has 1 saturated carbocycles. The van der Waals surface area contributed by atoms with Crippen LogP contribution in [0.5, 0.6) is 0 Å². The zero-order valence-electron chi connectivity index (χ0n) is 19.6. The zero-order valence-corrected chi connectivity index (χ0v) is 20.4. The predicted molar refractivity (Wildman–Crippen MR) is 137 cm³/mol. The number of carboxylic acids is 1. The van der Waals surface area contributed by atoms with Gasteiger partial charge in [-0.1, -0.05) is 54.1 Å². The van der Waals surface area contributed by atoms with E-state index < -0.39 is 12.0 Å². The van der Waals surface area contributed by atoms with Crippen molar-refractivity contribution in [3.05, 3.63) is 83.6 Å². The molecule has 1 unspecified atom stereocenters. The molecule has 1 heterocycles. The van der Waals surface area contributed by atoms with Crippen LogP contribution in [-0.4, -0.2) is 47.0 Å². The smallest absolute Gasteiger partial charge is 0.326 e. The monoisotopic (exact) mass is 481 g/mol. The number of para-hydroxylation sites is 1. The van der Waals surface area contributed by atoms with Crippen LogP contribution in [-0.2, 0) is 21.5 Å². The number of aromatic nitrogens is 1. The molecule has 1 aliphatic rings. The number of aliphatic carboxylic acids is 1. The number of hydrogen-bond acceptors (Lipinski definition) is 3. The summed E-state index contributed by atoms with van der Waals surface area (Å²) >= 11 is 0. The van der Waals surface area contributed by atoms with Gasteiger partial charge in [0.1, 0.15) is 6.04 Å². The minimum atomic E-state index is -1.04. The van der Waals surface area contributed by atoms with Crippen molar-refractivity contribution >= 4 is 35.2 Å². The lowest BCUT2D eigenvalue weighted by atomic mass is 9.74. The molecule has 6 nitrogen and oxygen atoms in total. The van der Waals surface area contributed by atoms with E-state index in [0.717, 1.165) is 47.7 Å². The summed E-state index contributed by atoms with van der Waals surface area (Å²) in [6.07, 6.45) is 7.10. The molecule has 1 atom stereocenters. The Morgan fingerprint density at radius 2 is 1.74 bits per heavy atom. The Labute approximate surface area is 206 Å². The van der Waals surface area contributed by atoms with E-state index in [2.05, 4.69) is 53.6 Å². The second kappa shape index (κ2) is 10.9. The maximum Gasteiger partial charge on any atom is 0.326 e. The molecule has 1 aliphatic carbocycles. The standard InChI is InChI=1S/C27H31N3O3.ClH/c1-30(2)27(21-8-4-3-5-9-21)14-12-19(13-15-27)16-25(31)29-24(26(32)33)17-20-18-28-23-11-7-6-10-22(20)23;/h3-11,16,18,24,28H,12-15,17H2,1-2H3,(H,29,31)(H,32,33);1H. The highest BCUT2D eigenvalue weighted by molar-refractivity contribution is 5.92. The summed E-state index contributed by atoms with van der Waals surface area (Å²) in [4.78, 5) is 30.0. The fourth-order valence-electron chi connectivity index (χ4n) is 4.99. The number of carbonyl (C=O) groups is 2. The largest absolute Gasteiger partial charge is 0.480 e. The molecule has 180 valence electrons. The molecule has 7 heteroatoms. The Kier molecular flexibility index (Phi) is 8.18. The van der Waals surface area contributed by atoms with Gasteiger partial charge in [-0.2, -0.15) is 0 Å². The third-order valence-corrected chi connectivity index (χ3v) is 6.94. The summed E-state index contributed by atoms with van der Waals surface area (Å²) in [6.45, 7) is 0. The molecule has 0 radical (unpaired) electrons. The van der Waals surface area contributed by atoms with E-state index in [4.69, 9.17) is 0 Å². The van der Waals surface area contributed by atoms with Gasteiger partial charge in [0.15, 0.2) is 0 Å². The third kappa shape index (κ3) is 5.34. The van der Waals surface area contributed by atoms with Gasteiger partial charge in [0.2, 0.25) is 5.91 Å². The molecule has 4 rings (SSSR count). The van der Waals surface area contributed by atoms with Crippen molar-refractivity contribution in [3.8, 4) is 0 Å². The van der Waals surface area contributed by atoms with Gasteiger partial charge in [0, 0.05) is 35.1 Å². The fraction of sp³-hybridized carbons (Fsp3) is 0.333. The van der Waals surface area contributed by atoms with Gasteiger partial charge >= 0.3 is 5.97 Å². The van der Waals surface area contributed by atoms with Crippen LogP contribution in [0.2, 0.25) is 0 Å². The van der Waals surface area contributed by atoms with Crippen molar-refractivity contribution in [1.82, 2.24) is 15.2 Å². The van der Waals surface area contributed by atoms with Crippen molar-refractivity contribution in [3.63, 3.8) is 0 Å². The summed E-state index contributed by atoms with van der Waals surface area (Å²) in [6, 6.07) is 17.3. The Morgan fingerprint density at radius 3 is 2.38 bits per heavy atom. The van der Waals surface area contributed by atoms with Crippen LogP contribution >= 0.6 is 12.4 Å². The maximum atomic E-state index is 12.7. The number of benzene rings is 2. The lowest BCUT2D eigenvalue weighted by molar-refractivity contribution is -0.141. The molecule has 1 amide bonds. The molecule has 0 saturated heterocycles. The van der Waals surface area contributed by atoms with Gasteiger partial charge in [-0.15, -0.1) is 12.4 Å². The van der Waals surface area contributed by atoms with E-state index in [1.165, 1.54) is 5.56 Å². The lowest BCUT2D eigenvalue weighted by Gasteiger charge is -2.44. The van der Waals surface area contributed by atoms with Gasteiger partial charge in [0.25, 0.3) is 0 Å². The van der Waals surface area contributed by atoms with Crippen LogP contribution in [0.3, 0.4) is 0 Å². The normalized spacial score (nSPS) is 18.9. The van der Waals surface area contributed by atoms with E-state index in [1.807, 2.05) is 36.5 Å². The van der Waals surface area contributed by atoms with Gasteiger partial charge in [-0.05, 0) is 57.0 Å². The third-order valence-electron chi connectivity index (χ3n) is 6.94. The predicted octanol–water partition coefficient (Wildman–Crippen LogP) is 4.66. The summed E-state index contributed by atoms with van der Waals surface area (Å²) in [5.74, 6) is -1.37. The van der Waals surface area contributed by atoms with E-state index in [-0.39, 0.29) is 30.3 Å². The molecule has 0 spiro atoms. The molecule has 34 heavy (non-hydrogen) atoms. The number of rotatable bonds is 7. The minimum Gasteiger partial charge on any atom is -0.480 e. The molecular formula is C27H32ClN3O3. The van der Waals surface area contributed by atoms with E-state index in [0.29, 0.717) is 0 Å². The highest BCUT2D eigenvalue weighted by Gasteiger charge is 2.37. The molecule has 0 bridgehead atoms. The summed E-state index contributed by atoms with van der Waals surface area (Å²) in [5.41, 5.74) is 4.14. The topological polar surface area (TPSA) is 85.4 Å². The average Bonchev–Trinajstić information content (AvgIpc) is 3.22. The zero-order chi connectivity index (χ0) is 23.4. The number of halogens is 1. The molecule has 0 aliphatic heterocycles. The first kappa shape index (κ1) is 25.5. The number of amides is 1. The highest BCUT2D eigenvalue weighted by Crippen LogP contribution is 2.42. The van der Waals surface area contributed by atoms with Crippen molar-refractivity contribution in [1.29, 1.82) is 0 Å². The summed E-state index contributed by atoms with van der Waals surface area (Å²) < 4.78 is 0. The second-order valence-corrected chi connectivity index (χ2v) is 9.06. The molecular weight excluding hydrogens is 450 g/mol. The number of carbonyl (C=O) groups excluding carboxylic acids is 1. The van der Waals surface area contributed by atoms with Crippen molar-refractivity contribution in [2.45, 2.75) is 43.7 Å². The second-order valence-electron chi connectivity index (χ2n) is 9.06. The SMILES string of the molecule is CN(C)C1(c2ccccc2)CCC(=CC(=O)NC(Cc2c[nH]c3ccccc23)C(=O)O)CC1.Cl. The Bertz CT molecular complexity index is 1160. The molecule has 1 fully saturated rings. The van der Waals surface area contributed by atoms with Gasteiger partial charge in [-0.3, -0.25) is 9.69 Å². The fourth-order valence-corrected chi connectivity index (χ4v) is 4.99. The van der Waals surface area contributed by atoms with Crippen molar-refractivity contribution in [2.24, 2.45) is 0 Å². The molecule has 3 aromatic rings. The number of hydrogen-bond donors (Lipinski definition) is 3. The lowest BCUT2D eigenvalue weighted by Crippen LogP contribution is -2.44. The van der Waals surface area contributed by atoms with Crippen molar-refractivity contribution in [2.75, 3.05) is 14.1 Å². The van der Waals surface area contributed by atoms with Crippen LogP contribution in [0, 0.1) is 0 Å². The highest BCUT2D eigenvalue weighted by atomic mass is 35.5. The quantitative estimate of drug-likeness (QED) is 0.428. The van der Waals surface area contributed by atoms with Crippen LogP contribution < -0.4 is 5.32 Å². The van der Waals surface area contributed by atoms with Gasteiger partial charge < -0.3 is 15.4 Å². The first-order valence-corrected chi connectivity index (χ1v) is 11.4. The molecule has 2 aromatic carbocycles. The number of aromatic amines is 1. The average molecular weight is 482 g/mol. The number of nitrogens with one attached hydrogen (secondary N) is 2.